The van der Waals surface area contributed by atoms with Crippen LogP contribution in [-0.2, 0) is 4.79 Å². The summed E-state index contributed by atoms with van der Waals surface area (Å²) in [6.07, 6.45) is 4.85. The third kappa shape index (κ3) is 5.91. The monoisotopic (exact) mass is 269 g/mol. The van der Waals surface area contributed by atoms with Crippen molar-refractivity contribution >= 4 is 5.91 Å². The van der Waals surface area contributed by atoms with Crippen molar-refractivity contribution in [3.8, 4) is 0 Å². The predicted molar refractivity (Wildman–Crippen MR) is 80.2 cm³/mol. The molecule has 4 heteroatoms. The minimum atomic E-state index is 0.201. The summed E-state index contributed by atoms with van der Waals surface area (Å²) in [5.41, 5.74) is 0. The predicted octanol–water partition coefficient (Wildman–Crippen LogP) is 1.52. The van der Waals surface area contributed by atoms with Crippen molar-refractivity contribution in [2.75, 3.05) is 47.8 Å². The molecule has 0 unspecified atom stereocenters. The molecule has 0 atom stereocenters. The van der Waals surface area contributed by atoms with Crippen molar-refractivity contribution in [3.05, 3.63) is 0 Å². The first-order valence-corrected chi connectivity index (χ1v) is 7.46. The van der Waals surface area contributed by atoms with Crippen molar-refractivity contribution in [1.29, 1.82) is 0 Å². The van der Waals surface area contributed by atoms with Gasteiger partial charge in [-0.3, -0.25) is 4.79 Å². The molecule has 0 heterocycles. The van der Waals surface area contributed by atoms with E-state index < -0.39 is 0 Å². The molecule has 1 saturated carbocycles. The van der Waals surface area contributed by atoms with Gasteiger partial charge in [-0.25, -0.2) is 0 Å². The van der Waals surface area contributed by atoms with E-state index in [1.807, 2.05) is 11.9 Å². The Morgan fingerprint density at radius 1 is 1.00 bits per heavy atom. The molecule has 0 spiro atoms. The second-order valence-electron chi connectivity index (χ2n) is 6.37. The lowest BCUT2D eigenvalue weighted by Crippen LogP contribution is -2.40. The minimum Gasteiger partial charge on any atom is -0.343 e. The fraction of sp³-hybridized carbons (Fsp3) is 0.933. The summed E-state index contributed by atoms with van der Waals surface area (Å²) in [5, 5.41) is 0. The van der Waals surface area contributed by atoms with E-state index in [9.17, 15) is 4.79 Å². The van der Waals surface area contributed by atoms with E-state index in [0.29, 0.717) is 6.04 Å². The first-order chi connectivity index (χ1) is 8.90. The third-order valence-electron chi connectivity index (χ3n) is 4.36. The molecule has 0 N–H and O–H groups in total. The van der Waals surface area contributed by atoms with Crippen LogP contribution < -0.4 is 0 Å². The zero-order valence-electron chi connectivity index (χ0n) is 13.4. The number of rotatable bonds is 6. The molecule has 1 fully saturated rings. The number of carbonyl (C=O) groups excluding carboxylic acids is 1. The van der Waals surface area contributed by atoms with E-state index in [-0.39, 0.29) is 5.91 Å². The van der Waals surface area contributed by atoms with Crippen LogP contribution in [0.1, 0.15) is 32.6 Å². The molecule has 0 aromatic carbocycles. The van der Waals surface area contributed by atoms with Crippen LogP contribution in [0.2, 0.25) is 0 Å². The highest BCUT2D eigenvalue weighted by Crippen LogP contribution is 2.27. The second kappa shape index (κ2) is 7.85. The van der Waals surface area contributed by atoms with Gasteiger partial charge < -0.3 is 14.7 Å². The summed E-state index contributed by atoms with van der Waals surface area (Å²) in [5.74, 6) is 1.01. The quantitative estimate of drug-likeness (QED) is 0.731. The summed E-state index contributed by atoms with van der Waals surface area (Å²) >= 11 is 0. The normalized spacial score (nSPS) is 23.9. The topological polar surface area (TPSA) is 26.8 Å². The van der Waals surface area contributed by atoms with Crippen LogP contribution >= 0.6 is 0 Å². The zero-order valence-corrected chi connectivity index (χ0v) is 13.4. The summed E-state index contributed by atoms with van der Waals surface area (Å²) in [6.45, 7) is 5.13. The second-order valence-corrected chi connectivity index (χ2v) is 6.37. The van der Waals surface area contributed by atoms with Gasteiger partial charge in [0.05, 0.1) is 0 Å². The maximum Gasteiger partial charge on any atom is 0.219 e. The molecule has 1 rings (SSSR count). The maximum absolute atomic E-state index is 11.4. The molecule has 0 aromatic heterocycles. The van der Waals surface area contributed by atoms with Gasteiger partial charge in [-0.15, -0.1) is 0 Å². The highest BCUT2D eigenvalue weighted by Gasteiger charge is 2.25. The van der Waals surface area contributed by atoms with Gasteiger partial charge in [-0.2, -0.15) is 0 Å². The van der Waals surface area contributed by atoms with E-state index in [1.165, 1.54) is 32.2 Å². The van der Waals surface area contributed by atoms with Gasteiger partial charge in [0.15, 0.2) is 0 Å². The summed E-state index contributed by atoms with van der Waals surface area (Å²) in [7, 11) is 8.40. The Hall–Kier alpha value is -0.610. The largest absolute Gasteiger partial charge is 0.343 e. The molecular weight excluding hydrogens is 238 g/mol. The first-order valence-electron chi connectivity index (χ1n) is 7.46. The molecule has 19 heavy (non-hydrogen) atoms. The maximum atomic E-state index is 11.4. The van der Waals surface area contributed by atoms with E-state index in [1.54, 1.807) is 6.92 Å². The number of nitrogens with zero attached hydrogens (tertiary/aromatic N) is 3. The molecule has 4 nitrogen and oxygen atoms in total. The summed E-state index contributed by atoms with van der Waals surface area (Å²) < 4.78 is 0. The molecule has 1 aliphatic rings. The van der Waals surface area contributed by atoms with Crippen molar-refractivity contribution in [2.24, 2.45) is 5.92 Å². The van der Waals surface area contributed by atoms with E-state index in [0.717, 1.165) is 19.0 Å². The molecule has 0 radical (unpaired) electrons. The fourth-order valence-electron chi connectivity index (χ4n) is 2.87. The molecule has 1 amide bonds. The van der Waals surface area contributed by atoms with Crippen LogP contribution in [0.25, 0.3) is 0 Å². The Labute approximate surface area is 118 Å². The van der Waals surface area contributed by atoms with E-state index >= 15 is 0 Å². The van der Waals surface area contributed by atoms with Crippen molar-refractivity contribution < 1.29 is 4.79 Å². The third-order valence-corrected chi connectivity index (χ3v) is 4.36. The Bertz CT molecular complexity index is 273. The Morgan fingerprint density at radius 3 is 2.05 bits per heavy atom. The minimum absolute atomic E-state index is 0.201. The highest BCUT2D eigenvalue weighted by molar-refractivity contribution is 5.73. The van der Waals surface area contributed by atoms with Gasteiger partial charge in [-0.05, 0) is 52.7 Å². The van der Waals surface area contributed by atoms with Crippen molar-refractivity contribution in [3.63, 3.8) is 0 Å². The molecule has 0 aromatic rings. The Balaban J connectivity index is 2.24. The molecule has 0 bridgehead atoms. The van der Waals surface area contributed by atoms with E-state index in [4.69, 9.17) is 0 Å². The van der Waals surface area contributed by atoms with Gasteiger partial charge >= 0.3 is 0 Å². The molecule has 0 aliphatic heterocycles. The lowest BCUT2D eigenvalue weighted by Gasteiger charge is -2.35. The summed E-state index contributed by atoms with van der Waals surface area (Å²) in [6, 6.07) is 0.473. The summed E-state index contributed by atoms with van der Waals surface area (Å²) in [4.78, 5) is 18.0. The smallest absolute Gasteiger partial charge is 0.219 e. The van der Waals surface area contributed by atoms with E-state index in [2.05, 4.69) is 30.9 Å². The molecule has 0 saturated heterocycles. The zero-order chi connectivity index (χ0) is 14.4. The SMILES string of the molecule is CC(=O)N(C)C1CCC(CN(C)CCN(C)C)CC1. The number of likely N-dealkylation sites (N-methyl/N-ethyl adjacent to an activating group) is 2. The average Bonchev–Trinajstić information content (AvgIpc) is 2.36. The molecule has 1 aliphatic carbocycles. The number of hydrogen-bond donors (Lipinski definition) is 0. The van der Waals surface area contributed by atoms with Gasteiger partial charge in [0, 0.05) is 39.6 Å². The van der Waals surface area contributed by atoms with Crippen LogP contribution in [-0.4, -0.2) is 74.5 Å². The van der Waals surface area contributed by atoms with Crippen LogP contribution in [0.15, 0.2) is 0 Å². The van der Waals surface area contributed by atoms with Gasteiger partial charge in [0.25, 0.3) is 0 Å². The lowest BCUT2D eigenvalue weighted by molar-refractivity contribution is -0.130. The lowest BCUT2D eigenvalue weighted by atomic mass is 9.85. The fourth-order valence-corrected chi connectivity index (χ4v) is 2.87. The van der Waals surface area contributed by atoms with Crippen LogP contribution in [0.4, 0.5) is 0 Å². The molecular formula is C15H31N3O. The standard InChI is InChI=1S/C15H31N3O/c1-13(19)18(5)15-8-6-14(7-9-15)12-17(4)11-10-16(2)3/h14-15H,6-12H2,1-5H3. The van der Waals surface area contributed by atoms with Crippen molar-refractivity contribution in [2.45, 2.75) is 38.6 Å². The van der Waals surface area contributed by atoms with Gasteiger partial charge in [-0.1, -0.05) is 0 Å². The molecule has 112 valence electrons. The van der Waals surface area contributed by atoms with Crippen molar-refractivity contribution in [1.82, 2.24) is 14.7 Å². The average molecular weight is 269 g/mol. The number of hydrogen-bond acceptors (Lipinski definition) is 3. The van der Waals surface area contributed by atoms with Crippen LogP contribution in [0, 0.1) is 5.92 Å². The van der Waals surface area contributed by atoms with Crippen LogP contribution in [0.3, 0.4) is 0 Å². The highest BCUT2D eigenvalue weighted by atomic mass is 16.2. The first kappa shape index (κ1) is 16.4. The Kier molecular flexibility index (Phi) is 6.80. The number of carbonyl (C=O) groups is 1. The Morgan fingerprint density at radius 2 is 1.58 bits per heavy atom. The van der Waals surface area contributed by atoms with Crippen LogP contribution in [0.5, 0.6) is 0 Å². The number of amides is 1. The van der Waals surface area contributed by atoms with Gasteiger partial charge in [0.1, 0.15) is 0 Å². The van der Waals surface area contributed by atoms with Gasteiger partial charge in [0.2, 0.25) is 5.91 Å².